The van der Waals surface area contributed by atoms with Gasteiger partial charge in [-0.1, -0.05) is 20.4 Å². The molecule has 4 rings (SSSR count). The molecule has 3 N–H and O–H groups in total. The van der Waals surface area contributed by atoms with Gasteiger partial charge in [-0.15, -0.1) is 0 Å². The normalized spacial score (nSPS) is 14.8. The number of H-pyrrole nitrogens is 1. The largest absolute Gasteiger partial charge is 0.503 e. The van der Waals surface area contributed by atoms with E-state index in [1.165, 1.54) is 6.07 Å². The van der Waals surface area contributed by atoms with Gasteiger partial charge in [-0.2, -0.15) is 5.10 Å². The molecule has 0 spiro atoms. The van der Waals surface area contributed by atoms with E-state index in [4.69, 9.17) is 0 Å². The van der Waals surface area contributed by atoms with Crippen LogP contribution in [0.1, 0.15) is 20.0 Å². The van der Waals surface area contributed by atoms with Crippen LogP contribution < -0.4 is 10.7 Å². The summed E-state index contributed by atoms with van der Waals surface area (Å²) in [5.74, 6) is -2.44. The van der Waals surface area contributed by atoms with Crippen molar-refractivity contribution in [3.63, 3.8) is 0 Å². The monoisotopic (exact) mass is 419 g/mol. The Morgan fingerprint density at radius 1 is 1.17 bits per heavy atom. The molecule has 1 aliphatic heterocycles. The molecule has 1 fully saturated rings. The van der Waals surface area contributed by atoms with E-state index >= 15 is 0 Å². The summed E-state index contributed by atoms with van der Waals surface area (Å²) in [6.07, 6.45) is 0.493. The third-order valence-electron chi connectivity index (χ3n) is 5.33. The molecule has 0 aliphatic carbocycles. The van der Waals surface area contributed by atoms with Crippen molar-refractivity contribution in [2.75, 3.05) is 32.7 Å². The van der Waals surface area contributed by atoms with Crippen LogP contribution in [0.25, 0.3) is 22.3 Å². The van der Waals surface area contributed by atoms with Crippen LogP contribution in [0.3, 0.4) is 0 Å². The molecule has 2 aromatic heterocycles. The van der Waals surface area contributed by atoms with Crippen LogP contribution >= 0.6 is 0 Å². The van der Waals surface area contributed by atoms with Crippen LogP contribution in [0.2, 0.25) is 0 Å². The minimum atomic E-state index is -0.863. The van der Waals surface area contributed by atoms with Gasteiger partial charge in [0.05, 0.1) is 28.9 Å². The minimum absolute atomic E-state index is 0. The number of aryl methyl sites for hydroxylation is 1. The van der Waals surface area contributed by atoms with Gasteiger partial charge in [-0.3, -0.25) is 9.69 Å². The number of hydrogen-bond acceptors (Lipinski definition) is 5. The highest BCUT2D eigenvalue weighted by molar-refractivity contribution is 5.84. The molecule has 0 amide bonds. The zero-order valence-corrected chi connectivity index (χ0v) is 16.1. The lowest BCUT2D eigenvalue weighted by molar-refractivity contribution is 0.230. The van der Waals surface area contributed by atoms with Crippen molar-refractivity contribution in [3.8, 4) is 17.0 Å². The molecule has 30 heavy (non-hydrogen) atoms. The summed E-state index contributed by atoms with van der Waals surface area (Å²) in [6, 6.07) is 3.40. The zero-order chi connectivity index (χ0) is 20.5. The van der Waals surface area contributed by atoms with Crippen molar-refractivity contribution in [2.45, 2.75) is 27.3 Å². The van der Waals surface area contributed by atoms with E-state index in [1.54, 1.807) is 4.68 Å². The SMILES string of the molecule is C.CCc1nn(CCN2CCNCC2)c2[nH]c(-c3c(F)cccc3F)c(O)c(=O)c12. The first-order chi connectivity index (χ1) is 14.0. The molecule has 7 nitrogen and oxygen atoms in total. The van der Waals surface area contributed by atoms with E-state index in [0.29, 0.717) is 24.3 Å². The average Bonchev–Trinajstić information content (AvgIpc) is 3.08. The van der Waals surface area contributed by atoms with Gasteiger partial charge in [-0.25, -0.2) is 13.5 Å². The summed E-state index contributed by atoms with van der Waals surface area (Å²) in [7, 11) is 0. The number of aromatic amines is 1. The summed E-state index contributed by atoms with van der Waals surface area (Å²) < 4.78 is 30.3. The standard InChI is InChI=1S/C20H23F2N5O2.CH4/c1-2-14-16-18(28)19(29)17(15-12(21)4-3-5-13(15)22)24-20(16)27(25-14)11-10-26-8-6-23-7-9-26;/h3-5,23,29H,2,6-11H2,1H3,(H,24,28);1H4. The molecular formula is C21H27F2N5O2. The second-order valence-electron chi connectivity index (χ2n) is 7.11. The van der Waals surface area contributed by atoms with Crippen LogP contribution in [-0.2, 0) is 13.0 Å². The Kier molecular flexibility index (Phi) is 6.52. The van der Waals surface area contributed by atoms with Crippen molar-refractivity contribution in [1.29, 1.82) is 0 Å². The lowest BCUT2D eigenvalue weighted by Crippen LogP contribution is -2.44. The fourth-order valence-electron chi connectivity index (χ4n) is 3.78. The number of hydrogen-bond donors (Lipinski definition) is 3. The highest BCUT2D eigenvalue weighted by Crippen LogP contribution is 2.31. The molecular weight excluding hydrogens is 392 g/mol. The number of aromatic hydroxyl groups is 1. The number of pyridine rings is 1. The lowest BCUT2D eigenvalue weighted by atomic mass is 10.1. The summed E-state index contributed by atoms with van der Waals surface area (Å²) in [5.41, 5.74) is -0.516. The summed E-state index contributed by atoms with van der Waals surface area (Å²) in [6.45, 7) is 6.78. The first-order valence-electron chi connectivity index (χ1n) is 9.73. The van der Waals surface area contributed by atoms with E-state index in [1.807, 2.05) is 6.92 Å². The molecule has 0 unspecified atom stereocenters. The van der Waals surface area contributed by atoms with Crippen molar-refractivity contribution < 1.29 is 13.9 Å². The number of halogens is 2. The first kappa shape index (κ1) is 21.9. The molecule has 3 aromatic rings. The average molecular weight is 419 g/mol. The third kappa shape index (κ3) is 3.82. The predicted octanol–water partition coefficient (Wildman–Crippen LogP) is 2.48. The first-order valence-corrected chi connectivity index (χ1v) is 9.73. The van der Waals surface area contributed by atoms with Gasteiger partial charge in [-0.05, 0) is 18.6 Å². The Bertz CT molecular complexity index is 1080. The van der Waals surface area contributed by atoms with E-state index in [2.05, 4.69) is 20.3 Å². The maximum absolute atomic E-state index is 14.3. The molecule has 0 bridgehead atoms. The Morgan fingerprint density at radius 3 is 2.47 bits per heavy atom. The Balaban J connectivity index is 0.00000256. The minimum Gasteiger partial charge on any atom is -0.503 e. The maximum atomic E-state index is 14.3. The Labute approximate surface area is 173 Å². The van der Waals surface area contributed by atoms with Gasteiger partial charge in [0.2, 0.25) is 5.43 Å². The number of benzene rings is 1. The molecule has 1 aliphatic rings. The fourth-order valence-corrected chi connectivity index (χ4v) is 3.78. The fraction of sp³-hybridized carbons (Fsp3) is 0.429. The lowest BCUT2D eigenvalue weighted by Gasteiger charge is -2.27. The second kappa shape index (κ2) is 8.93. The van der Waals surface area contributed by atoms with Crippen molar-refractivity contribution in [3.05, 3.63) is 45.8 Å². The van der Waals surface area contributed by atoms with E-state index in [0.717, 1.165) is 44.9 Å². The Morgan fingerprint density at radius 2 is 1.83 bits per heavy atom. The summed E-state index contributed by atoms with van der Waals surface area (Å²) in [4.78, 5) is 18.0. The molecule has 162 valence electrons. The molecule has 9 heteroatoms. The second-order valence-corrected chi connectivity index (χ2v) is 7.11. The Hall–Kier alpha value is -2.78. The molecule has 0 radical (unpaired) electrons. The van der Waals surface area contributed by atoms with Crippen molar-refractivity contribution in [1.82, 2.24) is 25.0 Å². The molecule has 1 aromatic carbocycles. The van der Waals surface area contributed by atoms with E-state index in [-0.39, 0.29) is 18.5 Å². The van der Waals surface area contributed by atoms with Crippen molar-refractivity contribution >= 4 is 11.0 Å². The molecule has 0 atom stereocenters. The van der Waals surface area contributed by atoms with E-state index < -0.39 is 28.4 Å². The highest BCUT2D eigenvalue weighted by atomic mass is 19.1. The van der Waals surface area contributed by atoms with Crippen LogP contribution in [0, 0.1) is 11.6 Å². The van der Waals surface area contributed by atoms with Gasteiger partial charge in [0.15, 0.2) is 5.75 Å². The number of nitrogens with zero attached hydrogens (tertiary/aromatic N) is 3. The summed E-state index contributed by atoms with van der Waals surface area (Å²) >= 11 is 0. The predicted molar refractivity (Wildman–Crippen MR) is 113 cm³/mol. The molecule has 1 saturated heterocycles. The number of fused-ring (bicyclic) bond motifs is 1. The quantitative estimate of drug-likeness (QED) is 0.592. The topological polar surface area (TPSA) is 86.2 Å². The molecule has 0 saturated carbocycles. The highest BCUT2D eigenvalue weighted by Gasteiger charge is 2.23. The van der Waals surface area contributed by atoms with Crippen LogP contribution in [0.5, 0.6) is 5.75 Å². The number of piperazine rings is 1. The summed E-state index contributed by atoms with van der Waals surface area (Å²) in [5, 5.41) is 18.5. The van der Waals surface area contributed by atoms with Crippen molar-refractivity contribution in [2.24, 2.45) is 0 Å². The number of nitrogens with one attached hydrogen (secondary N) is 2. The molecule has 3 heterocycles. The van der Waals surface area contributed by atoms with Gasteiger partial charge >= 0.3 is 0 Å². The van der Waals surface area contributed by atoms with Crippen LogP contribution in [0.15, 0.2) is 23.0 Å². The van der Waals surface area contributed by atoms with Crippen LogP contribution in [-0.4, -0.2) is 57.5 Å². The zero-order valence-electron chi connectivity index (χ0n) is 16.1. The van der Waals surface area contributed by atoms with Gasteiger partial charge in [0.25, 0.3) is 0 Å². The maximum Gasteiger partial charge on any atom is 0.235 e. The van der Waals surface area contributed by atoms with Gasteiger partial charge in [0.1, 0.15) is 17.3 Å². The number of rotatable bonds is 5. The number of aromatic nitrogens is 3. The smallest absolute Gasteiger partial charge is 0.235 e. The van der Waals surface area contributed by atoms with Gasteiger partial charge in [0, 0.05) is 32.7 Å². The van der Waals surface area contributed by atoms with Gasteiger partial charge < -0.3 is 15.4 Å². The van der Waals surface area contributed by atoms with E-state index in [9.17, 15) is 18.7 Å². The third-order valence-corrected chi connectivity index (χ3v) is 5.33. The van der Waals surface area contributed by atoms with Crippen LogP contribution in [0.4, 0.5) is 8.78 Å².